The second-order valence-electron chi connectivity index (χ2n) is 1.23. The van der Waals surface area contributed by atoms with E-state index in [0.717, 1.165) is 0 Å². The molecule has 0 radical (unpaired) electrons. The summed E-state index contributed by atoms with van der Waals surface area (Å²) >= 11 is 3.50. The summed E-state index contributed by atoms with van der Waals surface area (Å²) in [7, 11) is 0. The lowest BCUT2D eigenvalue weighted by atomic mass is 10.7. The summed E-state index contributed by atoms with van der Waals surface area (Å²) in [6.07, 6.45) is -2.59. The summed E-state index contributed by atoms with van der Waals surface area (Å²) < 4.78 is 26.4. The highest BCUT2D eigenvalue weighted by molar-refractivity contribution is 7.81. The van der Waals surface area contributed by atoms with Gasteiger partial charge in [0.15, 0.2) is 6.61 Å². The molecule has 0 saturated heterocycles. The average Bonchev–Trinajstić information content (AvgIpc) is 1.83. The van der Waals surface area contributed by atoms with Crippen molar-refractivity contribution in [3.8, 4) is 0 Å². The topological polar surface area (TPSA) is 26.3 Å². The minimum atomic E-state index is -2.59. The van der Waals surface area contributed by atoms with Gasteiger partial charge in [-0.05, 0) is 0 Å². The predicted molar refractivity (Wildman–Crippen MR) is 30.8 cm³/mol. The van der Waals surface area contributed by atoms with E-state index < -0.39 is 19.0 Å². The van der Waals surface area contributed by atoms with Crippen LogP contribution in [0, 0.1) is 0 Å². The van der Waals surface area contributed by atoms with Crippen LogP contribution in [0.3, 0.4) is 0 Å². The summed E-state index contributed by atoms with van der Waals surface area (Å²) in [5.41, 5.74) is 0. The largest absolute Gasteiger partial charge is 0.459 e. The Hall–Kier alpha value is -0.320. The molecule has 0 unspecified atom stereocenters. The van der Waals surface area contributed by atoms with Gasteiger partial charge in [0.25, 0.3) is 6.43 Å². The zero-order chi connectivity index (χ0) is 7.28. The molecule has 0 bridgehead atoms. The molecule has 0 rings (SSSR count). The number of esters is 1. The second-order valence-corrected chi connectivity index (χ2v) is 1.55. The highest BCUT2D eigenvalue weighted by Crippen LogP contribution is 1.93. The van der Waals surface area contributed by atoms with Gasteiger partial charge in [0, 0.05) is 0 Å². The van der Waals surface area contributed by atoms with E-state index in [-0.39, 0.29) is 5.75 Å². The standard InChI is InChI=1S/C4H6F2O2S/c5-3(6)1-8-4(7)2-9/h3,9H,1-2H2. The van der Waals surface area contributed by atoms with Crippen molar-refractivity contribution in [3.63, 3.8) is 0 Å². The van der Waals surface area contributed by atoms with Gasteiger partial charge in [-0.25, -0.2) is 8.78 Å². The number of hydrogen-bond acceptors (Lipinski definition) is 3. The van der Waals surface area contributed by atoms with E-state index in [0.29, 0.717) is 0 Å². The maximum Gasteiger partial charge on any atom is 0.315 e. The fourth-order valence-electron chi connectivity index (χ4n) is 0.202. The molecule has 0 aliphatic heterocycles. The van der Waals surface area contributed by atoms with Crippen LogP contribution in [0.25, 0.3) is 0 Å². The third-order valence-corrected chi connectivity index (χ3v) is 0.758. The van der Waals surface area contributed by atoms with Crippen molar-refractivity contribution in [2.75, 3.05) is 12.4 Å². The van der Waals surface area contributed by atoms with Crippen LogP contribution in [-0.4, -0.2) is 24.8 Å². The van der Waals surface area contributed by atoms with Crippen LogP contribution >= 0.6 is 12.6 Å². The molecule has 2 nitrogen and oxygen atoms in total. The number of hydrogen-bond donors (Lipinski definition) is 1. The number of carbonyl (C=O) groups is 1. The molecule has 9 heavy (non-hydrogen) atoms. The maximum absolute atomic E-state index is 11.2. The number of ether oxygens (including phenoxy) is 1. The minimum absolute atomic E-state index is 0.160. The first kappa shape index (κ1) is 8.68. The van der Waals surface area contributed by atoms with E-state index in [4.69, 9.17) is 0 Å². The Kier molecular flexibility index (Phi) is 4.39. The number of alkyl halides is 2. The molecule has 0 aliphatic rings. The highest BCUT2D eigenvalue weighted by Gasteiger charge is 2.05. The molecule has 0 aromatic carbocycles. The van der Waals surface area contributed by atoms with Crippen molar-refractivity contribution < 1.29 is 18.3 Å². The van der Waals surface area contributed by atoms with Gasteiger partial charge < -0.3 is 4.74 Å². The van der Waals surface area contributed by atoms with Crippen LogP contribution in [0.15, 0.2) is 0 Å². The smallest absolute Gasteiger partial charge is 0.315 e. The Morgan fingerprint density at radius 3 is 2.56 bits per heavy atom. The van der Waals surface area contributed by atoms with Crippen molar-refractivity contribution in [1.29, 1.82) is 0 Å². The maximum atomic E-state index is 11.2. The normalized spacial score (nSPS) is 9.78. The number of thiol groups is 1. The van der Waals surface area contributed by atoms with Crippen molar-refractivity contribution in [2.45, 2.75) is 6.43 Å². The summed E-state index contributed by atoms with van der Waals surface area (Å²) in [5, 5.41) is 0. The van der Waals surface area contributed by atoms with Gasteiger partial charge in [0.1, 0.15) is 0 Å². The molecular weight excluding hydrogens is 150 g/mol. The van der Waals surface area contributed by atoms with E-state index in [1.807, 2.05) is 0 Å². The zero-order valence-electron chi connectivity index (χ0n) is 4.51. The van der Waals surface area contributed by atoms with Crippen LogP contribution in [0.2, 0.25) is 0 Å². The molecule has 0 spiro atoms. The lowest BCUT2D eigenvalue weighted by Crippen LogP contribution is -2.11. The van der Waals surface area contributed by atoms with Gasteiger partial charge >= 0.3 is 5.97 Å². The lowest BCUT2D eigenvalue weighted by molar-refractivity contribution is -0.144. The fourth-order valence-corrected chi connectivity index (χ4v) is 0.293. The Morgan fingerprint density at radius 1 is 1.67 bits per heavy atom. The molecule has 0 saturated carbocycles. The lowest BCUT2D eigenvalue weighted by Gasteiger charge is -1.99. The quantitative estimate of drug-likeness (QED) is 0.481. The molecule has 0 aromatic heterocycles. The number of carbonyl (C=O) groups excluding carboxylic acids is 1. The first-order valence-electron chi connectivity index (χ1n) is 2.21. The Labute approximate surface area is 56.6 Å². The number of rotatable bonds is 3. The van der Waals surface area contributed by atoms with Crippen molar-refractivity contribution >= 4 is 18.6 Å². The summed E-state index contributed by atoms with van der Waals surface area (Å²) in [4.78, 5) is 10.1. The zero-order valence-corrected chi connectivity index (χ0v) is 5.41. The SMILES string of the molecule is O=C(CS)OCC(F)F. The van der Waals surface area contributed by atoms with E-state index in [2.05, 4.69) is 17.4 Å². The van der Waals surface area contributed by atoms with E-state index in [9.17, 15) is 13.6 Å². The van der Waals surface area contributed by atoms with Crippen LogP contribution in [0.4, 0.5) is 8.78 Å². The molecule has 0 atom stereocenters. The Bertz CT molecular complexity index is 96.6. The molecule has 5 heteroatoms. The van der Waals surface area contributed by atoms with Crippen LogP contribution in [0.5, 0.6) is 0 Å². The number of halogens is 2. The van der Waals surface area contributed by atoms with Crippen molar-refractivity contribution in [3.05, 3.63) is 0 Å². The van der Waals surface area contributed by atoms with Crippen molar-refractivity contribution in [2.24, 2.45) is 0 Å². The predicted octanol–water partition coefficient (Wildman–Crippen LogP) is 0.725. The van der Waals surface area contributed by atoms with Gasteiger partial charge in [-0.2, -0.15) is 12.6 Å². The van der Waals surface area contributed by atoms with Gasteiger partial charge in [0.2, 0.25) is 0 Å². The molecule has 0 aliphatic carbocycles. The van der Waals surface area contributed by atoms with E-state index in [1.54, 1.807) is 0 Å². The molecule has 0 N–H and O–H groups in total. The Balaban J connectivity index is 3.17. The van der Waals surface area contributed by atoms with Gasteiger partial charge in [-0.15, -0.1) is 0 Å². The Morgan fingerprint density at radius 2 is 2.22 bits per heavy atom. The third kappa shape index (κ3) is 5.55. The van der Waals surface area contributed by atoms with Gasteiger partial charge in [0.05, 0.1) is 5.75 Å². The monoisotopic (exact) mass is 156 g/mol. The van der Waals surface area contributed by atoms with E-state index in [1.165, 1.54) is 0 Å². The molecule has 0 aromatic rings. The third-order valence-electron chi connectivity index (χ3n) is 0.499. The summed E-state index contributed by atoms with van der Waals surface area (Å²) in [5.74, 6) is -0.883. The second kappa shape index (κ2) is 4.55. The molecule has 0 heterocycles. The fraction of sp³-hybridized carbons (Fsp3) is 0.750. The van der Waals surface area contributed by atoms with Crippen LogP contribution in [0.1, 0.15) is 0 Å². The van der Waals surface area contributed by atoms with Crippen LogP contribution < -0.4 is 0 Å². The molecule has 0 fully saturated rings. The summed E-state index contributed by atoms with van der Waals surface area (Å²) in [6, 6.07) is 0. The molecule has 54 valence electrons. The summed E-state index contributed by atoms with van der Waals surface area (Å²) in [6.45, 7) is -0.834. The first-order valence-corrected chi connectivity index (χ1v) is 2.84. The van der Waals surface area contributed by atoms with Crippen molar-refractivity contribution in [1.82, 2.24) is 0 Å². The first-order chi connectivity index (χ1) is 4.16. The molecule has 0 amide bonds. The van der Waals surface area contributed by atoms with Gasteiger partial charge in [-0.1, -0.05) is 0 Å². The average molecular weight is 156 g/mol. The van der Waals surface area contributed by atoms with Gasteiger partial charge in [-0.3, -0.25) is 4.79 Å². The minimum Gasteiger partial charge on any atom is -0.459 e. The highest BCUT2D eigenvalue weighted by atomic mass is 32.1. The van der Waals surface area contributed by atoms with Crippen LogP contribution in [-0.2, 0) is 9.53 Å². The molecular formula is C4H6F2O2S. The van der Waals surface area contributed by atoms with E-state index >= 15 is 0 Å².